The molecule has 0 bridgehead atoms. The van der Waals surface area contributed by atoms with Gasteiger partial charge in [-0.25, -0.2) is 4.39 Å². The molecule has 1 aliphatic rings. The molecular formula is C28H29FN8O8S2. The van der Waals surface area contributed by atoms with Gasteiger partial charge in [-0.2, -0.15) is 36.9 Å². The van der Waals surface area contributed by atoms with Crippen LogP contribution in [0.15, 0.2) is 59.8 Å². The maximum absolute atomic E-state index is 15.1. The second-order valence-electron chi connectivity index (χ2n) is 10.6. The van der Waals surface area contributed by atoms with Gasteiger partial charge in [0.05, 0.1) is 41.1 Å². The molecule has 2 aromatic carbocycles. The van der Waals surface area contributed by atoms with Gasteiger partial charge in [0.2, 0.25) is 11.9 Å². The average Bonchev–Trinajstić information content (AvgIpc) is 3.76. The predicted octanol–water partition coefficient (Wildman–Crippen LogP) is 2.17. The number of nitrogens with zero attached hydrogens (tertiary/aromatic N) is 6. The summed E-state index contributed by atoms with van der Waals surface area (Å²) in [6, 6.07) is 10.2. The molecule has 1 fully saturated rings. The zero-order chi connectivity index (χ0) is 34.1. The first-order valence-corrected chi connectivity index (χ1v) is 17.1. The first-order chi connectivity index (χ1) is 22.1. The molecular weight excluding hydrogens is 659 g/mol. The van der Waals surface area contributed by atoms with E-state index >= 15 is 4.39 Å². The highest BCUT2D eigenvalue weighted by Gasteiger charge is 2.25. The molecule has 0 spiro atoms. The Kier molecular flexibility index (Phi) is 9.36. The fourth-order valence-electron chi connectivity index (χ4n) is 4.76. The molecule has 19 heteroatoms. The molecule has 1 saturated carbocycles. The minimum Gasteiger partial charge on any atom is -0.392 e. The highest BCUT2D eigenvalue weighted by molar-refractivity contribution is 7.89. The molecule has 1 aliphatic carbocycles. The smallest absolute Gasteiger partial charge is 0.265 e. The van der Waals surface area contributed by atoms with Gasteiger partial charge in [-0.3, -0.25) is 23.1 Å². The lowest BCUT2D eigenvalue weighted by atomic mass is 10.0. The molecule has 6 rings (SSSR count). The lowest BCUT2D eigenvalue weighted by Crippen LogP contribution is -2.20. The zero-order valence-corrected chi connectivity index (χ0v) is 26.3. The van der Waals surface area contributed by atoms with E-state index in [0.717, 1.165) is 18.4 Å². The van der Waals surface area contributed by atoms with Crippen molar-refractivity contribution in [2.24, 2.45) is 7.05 Å². The number of nitrogen functional groups attached to an aromatic ring is 1. The third-order valence-corrected chi connectivity index (χ3v) is 8.75. The predicted molar refractivity (Wildman–Crippen MR) is 170 cm³/mol. The number of halogens is 1. The standard InChI is InChI=1S/C26H23FN8O2.C2H6O6S2/c1-34-12-17(11-29-34)30-26-32-23(31-25(28)33-26)18-3-2-4-21(19(18)13-36)35-8-7-15-9-16(14-5-6-14)10-20(27)22(15)24(35)37;3-9(4,5)1-2-10(6,7)8/h2-4,7-12,14,36H,5-6,13H2,1H3,(H3,28,30,31,32,33);1-2H2,(H,3,4,5)(H,6,7,8). The molecule has 16 nitrogen and oxygen atoms in total. The van der Waals surface area contributed by atoms with Crippen molar-refractivity contribution >= 4 is 48.6 Å². The minimum absolute atomic E-state index is 0.00792. The molecule has 0 saturated heterocycles. The van der Waals surface area contributed by atoms with Crippen LogP contribution in [-0.2, 0) is 33.9 Å². The van der Waals surface area contributed by atoms with Crippen LogP contribution in [0.1, 0.15) is 29.9 Å². The fraction of sp³-hybridized carbons (Fsp3) is 0.250. The molecule has 47 heavy (non-hydrogen) atoms. The van der Waals surface area contributed by atoms with Crippen molar-refractivity contribution in [1.29, 1.82) is 0 Å². The van der Waals surface area contributed by atoms with Gasteiger partial charge in [0, 0.05) is 30.6 Å². The average molecular weight is 689 g/mol. The highest BCUT2D eigenvalue weighted by Crippen LogP contribution is 2.41. The molecule has 5 aromatic rings. The Morgan fingerprint density at radius 2 is 1.74 bits per heavy atom. The molecule has 6 N–H and O–H groups in total. The minimum atomic E-state index is -4.30. The van der Waals surface area contributed by atoms with Gasteiger partial charge in [0.1, 0.15) is 5.82 Å². The normalized spacial score (nSPS) is 13.3. The monoisotopic (exact) mass is 688 g/mol. The second kappa shape index (κ2) is 13.1. The Morgan fingerprint density at radius 3 is 2.34 bits per heavy atom. The molecule has 0 radical (unpaired) electrons. The van der Waals surface area contributed by atoms with Gasteiger partial charge in [0.15, 0.2) is 5.82 Å². The summed E-state index contributed by atoms with van der Waals surface area (Å²) in [4.78, 5) is 26.3. The molecule has 0 atom stereocenters. The third-order valence-electron chi connectivity index (χ3n) is 7.05. The summed E-state index contributed by atoms with van der Waals surface area (Å²) in [7, 11) is -6.81. The van der Waals surface area contributed by atoms with Crippen LogP contribution in [0.2, 0.25) is 0 Å². The van der Waals surface area contributed by atoms with Crippen LogP contribution in [-0.4, -0.2) is 71.9 Å². The Bertz CT molecular complexity index is 2220. The number of benzene rings is 2. The number of hydrogen-bond donors (Lipinski definition) is 5. The van der Waals surface area contributed by atoms with E-state index in [9.17, 15) is 26.7 Å². The van der Waals surface area contributed by atoms with Crippen LogP contribution in [0, 0.1) is 5.82 Å². The van der Waals surface area contributed by atoms with E-state index < -0.39 is 49.7 Å². The lowest BCUT2D eigenvalue weighted by molar-refractivity contribution is 0.282. The van der Waals surface area contributed by atoms with E-state index in [1.54, 1.807) is 54.6 Å². The maximum atomic E-state index is 15.1. The second-order valence-corrected chi connectivity index (χ2v) is 13.8. The third kappa shape index (κ3) is 8.32. The van der Waals surface area contributed by atoms with Crippen LogP contribution in [0.25, 0.3) is 27.8 Å². The Balaban J connectivity index is 0.000000378. The summed E-state index contributed by atoms with van der Waals surface area (Å²) in [6.07, 6.45) is 7.03. The number of aryl methyl sites for hydroxylation is 1. The number of rotatable bonds is 9. The van der Waals surface area contributed by atoms with Crippen molar-refractivity contribution in [2.75, 3.05) is 22.6 Å². The Morgan fingerprint density at radius 1 is 1.04 bits per heavy atom. The zero-order valence-electron chi connectivity index (χ0n) is 24.6. The first-order valence-electron chi connectivity index (χ1n) is 13.9. The van der Waals surface area contributed by atoms with Gasteiger partial charge in [0.25, 0.3) is 25.8 Å². The van der Waals surface area contributed by atoms with E-state index in [4.69, 9.17) is 14.8 Å². The number of anilines is 3. The van der Waals surface area contributed by atoms with Gasteiger partial charge < -0.3 is 16.2 Å². The van der Waals surface area contributed by atoms with E-state index in [1.165, 1.54) is 10.6 Å². The SMILES string of the molecule is Cn1cc(Nc2nc(N)nc(-c3cccc(-n4ccc5cc(C6CC6)cc(F)c5c4=O)c3CO)n2)cn1.O=S(=O)(O)CCS(=O)(=O)O. The maximum Gasteiger partial charge on any atom is 0.265 e. The number of fused-ring (bicyclic) bond motifs is 1. The number of pyridine rings is 1. The fourth-order valence-corrected chi connectivity index (χ4v) is 6.45. The topological polar surface area (TPSA) is 246 Å². The number of aromatic nitrogens is 6. The Labute approximate surface area is 267 Å². The van der Waals surface area contributed by atoms with Gasteiger partial charge in [-0.1, -0.05) is 18.2 Å². The summed E-state index contributed by atoms with van der Waals surface area (Å²) in [5.41, 5.74) is 8.25. The Hall–Kier alpha value is -4.82. The number of hydrogen-bond acceptors (Lipinski definition) is 12. The van der Waals surface area contributed by atoms with Crippen molar-refractivity contribution in [2.45, 2.75) is 25.4 Å². The molecule has 248 valence electrons. The molecule has 0 aliphatic heterocycles. The number of aliphatic hydroxyl groups is 1. The van der Waals surface area contributed by atoms with Crippen LogP contribution < -0.4 is 16.6 Å². The van der Waals surface area contributed by atoms with Crippen molar-refractivity contribution in [3.8, 4) is 17.1 Å². The van der Waals surface area contributed by atoms with Crippen LogP contribution in [0.4, 0.5) is 22.0 Å². The van der Waals surface area contributed by atoms with Gasteiger partial charge in [-0.15, -0.1) is 0 Å². The summed E-state index contributed by atoms with van der Waals surface area (Å²) in [6.45, 7) is -0.421. The van der Waals surface area contributed by atoms with E-state index in [1.807, 2.05) is 6.07 Å². The lowest BCUT2D eigenvalue weighted by Gasteiger charge is -2.16. The van der Waals surface area contributed by atoms with E-state index in [2.05, 4.69) is 25.4 Å². The van der Waals surface area contributed by atoms with Crippen molar-refractivity contribution in [3.05, 3.63) is 82.3 Å². The van der Waals surface area contributed by atoms with E-state index in [0.29, 0.717) is 33.8 Å². The molecule has 3 heterocycles. The van der Waals surface area contributed by atoms with Gasteiger partial charge in [-0.05, 0) is 47.9 Å². The van der Waals surface area contributed by atoms with Crippen LogP contribution in [0.3, 0.4) is 0 Å². The van der Waals surface area contributed by atoms with E-state index in [-0.39, 0.29) is 23.1 Å². The molecule has 3 aromatic heterocycles. The number of nitrogens with two attached hydrogens (primary N) is 1. The molecule has 0 unspecified atom stereocenters. The van der Waals surface area contributed by atoms with Crippen LogP contribution >= 0.6 is 0 Å². The summed E-state index contributed by atoms with van der Waals surface area (Å²) in [5, 5.41) is 18.0. The number of nitrogens with one attached hydrogen (secondary N) is 1. The van der Waals surface area contributed by atoms with Crippen molar-refractivity contribution in [3.63, 3.8) is 0 Å². The van der Waals surface area contributed by atoms with Crippen LogP contribution in [0.5, 0.6) is 0 Å². The summed E-state index contributed by atoms with van der Waals surface area (Å²) >= 11 is 0. The quantitative estimate of drug-likeness (QED) is 0.139. The molecule has 0 amide bonds. The van der Waals surface area contributed by atoms with Crippen molar-refractivity contribution in [1.82, 2.24) is 29.3 Å². The largest absolute Gasteiger partial charge is 0.392 e. The van der Waals surface area contributed by atoms with Crippen molar-refractivity contribution < 1.29 is 35.4 Å². The summed E-state index contributed by atoms with van der Waals surface area (Å²) in [5.74, 6) is -1.76. The highest BCUT2D eigenvalue weighted by atomic mass is 32.2. The first kappa shape index (κ1) is 33.5. The summed E-state index contributed by atoms with van der Waals surface area (Å²) < 4.78 is 73.4. The van der Waals surface area contributed by atoms with Gasteiger partial charge >= 0.3 is 0 Å². The number of aliphatic hydroxyl groups excluding tert-OH is 1.